The summed E-state index contributed by atoms with van der Waals surface area (Å²) < 4.78 is 25.8. The van der Waals surface area contributed by atoms with Gasteiger partial charge in [0.15, 0.2) is 0 Å². The molecule has 0 aromatic carbocycles. The molecule has 0 bridgehead atoms. The summed E-state index contributed by atoms with van der Waals surface area (Å²) in [5.41, 5.74) is 0. The van der Waals surface area contributed by atoms with Crippen LogP contribution in [0.25, 0.3) is 0 Å². The van der Waals surface area contributed by atoms with Crippen molar-refractivity contribution < 1.29 is 8.42 Å². The number of sulfonamides is 1. The van der Waals surface area contributed by atoms with Gasteiger partial charge >= 0.3 is 0 Å². The Bertz CT molecular complexity index is 393. The predicted octanol–water partition coefficient (Wildman–Crippen LogP) is 1.07. The molecule has 0 spiro atoms. The van der Waals surface area contributed by atoms with Gasteiger partial charge in [0.1, 0.15) is 0 Å². The Morgan fingerprint density at radius 2 is 2.11 bits per heavy atom. The predicted molar refractivity (Wildman–Crippen MR) is 78.3 cm³/mol. The molecular weight excluding hydrogens is 264 g/mol. The van der Waals surface area contributed by atoms with Crippen LogP contribution in [0.1, 0.15) is 46.5 Å². The number of guanidine groups is 1. The van der Waals surface area contributed by atoms with Gasteiger partial charge in [-0.3, -0.25) is 9.62 Å². The minimum atomic E-state index is -3.30. The molecule has 0 atom stereocenters. The molecule has 0 fully saturated rings. The van der Waals surface area contributed by atoms with Gasteiger partial charge in [-0.15, -0.1) is 0 Å². The fourth-order valence-corrected chi connectivity index (χ4v) is 2.34. The minimum Gasteiger partial charge on any atom is -0.343 e. The lowest BCUT2D eigenvalue weighted by Crippen LogP contribution is -2.51. The number of hydrogen-bond acceptors (Lipinski definition) is 5. The summed E-state index contributed by atoms with van der Waals surface area (Å²) >= 11 is 0. The van der Waals surface area contributed by atoms with E-state index in [2.05, 4.69) is 26.9 Å². The summed E-state index contributed by atoms with van der Waals surface area (Å²) in [5.74, 6) is 0.360. The van der Waals surface area contributed by atoms with E-state index in [0.717, 1.165) is 13.0 Å². The molecule has 0 aromatic heterocycles. The lowest BCUT2D eigenvalue weighted by atomic mass is 10.2. The van der Waals surface area contributed by atoms with E-state index in [4.69, 9.17) is 0 Å². The molecule has 0 amide bonds. The summed E-state index contributed by atoms with van der Waals surface area (Å²) in [6.45, 7) is 7.68. The van der Waals surface area contributed by atoms with Crippen LogP contribution in [0.3, 0.4) is 0 Å². The number of unbranched alkanes of at least 4 members (excludes halogenated alkanes) is 3. The van der Waals surface area contributed by atoms with Crippen LogP contribution in [0.4, 0.5) is 0 Å². The molecule has 0 saturated carbocycles. The normalized spacial score (nSPS) is 17.2. The molecule has 1 aliphatic rings. The van der Waals surface area contributed by atoms with Crippen LogP contribution in [0, 0.1) is 0 Å². The topological polar surface area (TPSA) is 73.8 Å². The van der Waals surface area contributed by atoms with E-state index < -0.39 is 15.3 Å². The summed E-state index contributed by atoms with van der Waals surface area (Å²) in [6.07, 6.45) is 4.91. The Morgan fingerprint density at radius 3 is 2.63 bits per heavy atom. The van der Waals surface area contributed by atoms with E-state index in [9.17, 15) is 8.42 Å². The summed E-state index contributed by atoms with van der Waals surface area (Å²) in [5, 5.41) is 2.55. The number of hydrogen-bond donors (Lipinski definition) is 2. The highest BCUT2D eigenvalue weighted by Gasteiger charge is 2.20. The fourth-order valence-electron chi connectivity index (χ4n) is 1.70. The van der Waals surface area contributed by atoms with Crippen LogP contribution >= 0.6 is 0 Å². The highest BCUT2D eigenvalue weighted by Crippen LogP contribution is 2.03. The Labute approximate surface area is 116 Å². The first-order valence-corrected chi connectivity index (χ1v) is 8.52. The van der Waals surface area contributed by atoms with Gasteiger partial charge in [-0.2, -0.15) is 0 Å². The Kier molecular flexibility index (Phi) is 6.57. The van der Waals surface area contributed by atoms with Crippen molar-refractivity contribution in [3.63, 3.8) is 0 Å². The molecule has 0 aromatic rings. The second-order valence-electron chi connectivity index (χ2n) is 5.13. The zero-order valence-corrected chi connectivity index (χ0v) is 13.0. The van der Waals surface area contributed by atoms with E-state index in [-0.39, 0.29) is 0 Å². The molecule has 19 heavy (non-hydrogen) atoms. The van der Waals surface area contributed by atoms with E-state index >= 15 is 0 Å². The molecule has 0 unspecified atom stereocenters. The SMILES string of the molecule is CCCCCCN1CN=C(NS(=O)(=O)C(C)C)NC1. The van der Waals surface area contributed by atoms with Crippen molar-refractivity contribution in [2.24, 2.45) is 4.99 Å². The minimum absolute atomic E-state index is 0.360. The molecule has 0 radical (unpaired) electrons. The van der Waals surface area contributed by atoms with Gasteiger partial charge in [-0.1, -0.05) is 26.2 Å². The third kappa shape index (κ3) is 5.78. The third-order valence-corrected chi connectivity index (χ3v) is 4.81. The summed E-state index contributed by atoms with van der Waals surface area (Å²) in [6, 6.07) is 0. The smallest absolute Gasteiger partial charge is 0.237 e. The van der Waals surface area contributed by atoms with Crippen LogP contribution < -0.4 is 10.0 Å². The van der Waals surface area contributed by atoms with Crippen LogP contribution in [-0.2, 0) is 10.0 Å². The largest absolute Gasteiger partial charge is 0.343 e. The number of nitrogens with one attached hydrogen (secondary N) is 2. The quantitative estimate of drug-likeness (QED) is 0.688. The molecule has 0 aliphatic carbocycles. The third-order valence-electron chi connectivity index (χ3n) is 3.09. The Morgan fingerprint density at radius 1 is 1.37 bits per heavy atom. The monoisotopic (exact) mass is 290 g/mol. The van der Waals surface area contributed by atoms with Gasteiger partial charge in [-0.25, -0.2) is 13.4 Å². The Hall–Kier alpha value is -0.820. The van der Waals surface area contributed by atoms with E-state index in [1.165, 1.54) is 19.3 Å². The van der Waals surface area contributed by atoms with E-state index in [1.54, 1.807) is 13.8 Å². The average Bonchev–Trinajstić information content (AvgIpc) is 2.36. The Balaban J connectivity index is 2.33. The van der Waals surface area contributed by atoms with Crippen LogP contribution in [0.5, 0.6) is 0 Å². The summed E-state index contributed by atoms with van der Waals surface area (Å²) in [4.78, 5) is 6.39. The van der Waals surface area contributed by atoms with Crippen molar-refractivity contribution in [3.8, 4) is 0 Å². The van der Waals surface area contributed by atoms with Crippen LogP contribution in [0.15, 0.2) is 4.99 Å². The van der Waals surface area contributed by atoms with Crippen molar-refractivity contribution in [1.82, 2.24) is 14.9 Å². The second-order valence-corrected chi connectivity index (χ2v) is 7.37. The van der Waals surface area contributed by atoms with Gasteiger partial charge in [-0.05, 0) is 20.3 Å². The van der Waals surface area contributed by atoms with E-state index in [0.29, 0.717) is 19.3 Å². The molecule has 6 nitrogen and oxygen atoms in total. The van der Waals surface area contributed by atoms with Crippen LogP contribution in [0.2, 0.25) is 0 Å². The van der Waals surface area contributed by atoms with Gasteiger partial charge in [0.2, 0.25) is 16.0 Å². The highest BCUT2D eigenvalue weighted by atomic mass is 32.2. The van der Waals surface area contributed by atoms with Gasteiger partial charge < -0.3 is 5.32 Å². The zero-order valence-electron chi connectivity index (χ0n) is 12.1. The first kappa shape index (κ1) is 16.2. The number of nitrogens with zero attached hydrogens (tertiary/aromatic N) is 2. The number of rotatable bonds is 7. The van der Waals surface area contributed by atoms with Crippen molar-refractivity contribution in [3.05, 3.63) is 0 Å². The lowest BCUT2D eigenvalue weighted by Gasteiger charge is -2.27. The van der Waals surface area contributed by atoms with Crippen molar-refractivity contribution in [1.29, 1.82) is 0 Å². The maximum Gasteiger partial charge on any atom is 0.237 e. The first-order chi connectivity index (χ1) is 8.95. The molecular formula is C12H26N4O2S. The molecule has 112 valence electrons. The van der Waals surface area contributed by atoms with Crippen molar-refractivity contribution >= 4 is 16.0 Å². The standard InChI is InChI=1S/C12H26N4O2S/c1-4-5-6-7-8-16-9-13-12(14-10-16)15-19(17,18)11(2)3/h11H,4-10H2,1-3H3,(H2,13,14,15). The maximum atomic E-state index is 11.7. The van der Waals surface area contributed by atoms with Crippen LogP contribution in [-0.4, -0.2) is 44.4 Å². The molecule has 0 saturated heterocycles. The van der Waals surface area contributed by atoms with Crippen molar-refractivity contribution in [2.45, 2.75) is 51.7 Å². The summed E-state index contributed by atoms with van der Waals surface area (Å²) in [7, 11) is -3.30. The number of aliphatic imine (C=N–C) groups is 1. The van der Waals surface area contributed by atoms with Crippen molar-refractivity contribution in [2.75, 3.05) is 19.9 Å². The second kappa shape index (κ2) is 7.69. The molecule has 1 heterocycles. The first-order valence-electron chi connectivity index (χ1n) is 6.98. The highest BCUT2D eigenvalue weighted by molar-refractivity contribution is 7.90. The lowest BCUT2D eigenvalue weighted by molar-refractivity contribution is 0.257. The van der Waals surface area contributed by atoms with E-state index in [1.807, 2.05) is 0 Å². The molecule has 7 heteroatoms. The molecule has 2 N–H and O–H groups in total. The van der Waals surface area contributed by atoms with Gasteiger partial charge in [0.05, 0.1) is 18.6 Å². The van der Waals surface area contributed by atoms with Gasteiger partial charge in [0, 0.05) is 6.54 Å². The van der Waals surface area contributed by atoms with Gasteiger partial charge in [0.25, 0.3) is 0 Å². The fraction of sp³-hybridized carbons (Fsp3) is 0.917. The maximum absolute atomic E-state index is 11.7. The average molecular weight is 290 g/mol. The molecule has 1 aliphatic heterocycles. The zero-order chi connectivity index (χ0) is 14.3. The molecule has 1 rings (SSSR count).